The van der Waals surface area contributed by atoms with Crippen LogP contribution < -0.4 is 17.2 Å². The molecule has 3 aromatic carbocycles. The van der Waals surface area contributed by atoms with Crippen molar-refractivity contribution in [3.63, 3.8) is 0 Å². The number of hydrogen-bond donors (Lipinski definition) is 4. The largest absolute Gasteiger partial charge is 0.506 e. The van der Waals surface area contributed by atoms with E-state index in [1.807, 2.05) is 24.3 Å². The summed E-state index contributed by atoms with van der Waals surface area (Å²) < 4.78 is 36.3. The number of ether oxygens (including phenoxy) is 1. The van der Waals surface area contributed by atoms with Crippen molar-refractivity contribution in [1.29, 1.82) is 5.26 Å². The molecule has 0 unspecified atom stereocenters. The molecule has 41 heavy (non-hydrogen) atoms. The zero-order chi connectivity index (χ0) is 31.0. The van der Waals surface area contributed by atoms with E-state index in [4.69, 9.17) is 47.1 Å². The standard InChI is InChI=1S/C7H5ClN2O3S.C7H6N2O.C6H7NO.C4H8O2.CBrN/c8-14(11,12)4-1-2-5-6(3-4)13-7(9)10-5;8-7-9-5-3-1-2-4-6(5)10-7;7-5-3-1-2-4-6(5)8;1-3-6-4(2)5;2-1-3/h1-3H,(H2,9,10);1-4H,(H2,8,9);1-4,8H,7H2;3H2,1-2H3;. The predicted molar refractivity (Wildman–Crippen MR) is 159 cm³/mol. The van der Waals surface area contributed by atoms with Crippen LogP contribution in [0.4, 0.5) is 17.7 Å². The number of benzene rings is 3. The lowest BCUT2D eigenvalue weighted by molar-refractivity contribution is -0.140. The lowest BCUT2D eigenvalue weighted by Crippen LogP contribution is -1.95. The molecule has 0 spiro atoms. The van der Waals surface area contributed by atoms with Crippen molar-refractivity contribution in [1.82, 2.24) is 9.97 Å². The number of esters is 1. The van der Waals surface area contributed by atoms with E-state index >= 15 is 0 Å². The second-order valence-electron chi connectivity index (χ2n) is 7.21. The molecule has 16 heteroatoms. The fourth-order valence-corrected chi connectivity index (χ4v) is 3.42. The minimum absolute atomic E-state index is 0.0101. The van der Waals surface area contributed by atoms with Crippen LogP contribution in [0.2, 0.25) is 0 Å². The normalized spacial score (nSPS) is 9.73. The van der Waals surface area contributed by atoms with Gasteiger partial charge in [0.1, 0.15) is 21.8 Å². The van der Waals surface area contributed by atoms with E-state index in [2.05, 4.69) is 30.6 Å². The summed E-state index contributed by atoms with van der Waals surface area (Å²) in [6.07, 6.45) is 0. The zero-order valence-electron chi connectivity index (χ0n) is 21.7. The molecular formula is C25H26BrClN6O7S. The summed E-state index contributed by atoms with van der Waals surface area (Å²) in [7, 11) is 1.40. The van der Waals surface area contributed by atoms with Crippen LogP contribution in [-0.2, 0) is 18.6 Å². The summed E-state index contributed by atoms with van der Waals surface area (Å²) in [5.74, 6) is -0.0648. The molecule has 2 aromatic heterocycles. The number of carbonyl (C=O) groups is 1. The first-order valence-corrected chi connectivity index (χ1v) is 14.3. The van der Waals surface area contributed by atoms with Crippen LogP contribution in [-0.4, -0.2) is 36.1 Å². The number of aromatic hydroxyl groups is 1. The molecule has 0 radical (unpaired) electrons. The second kappa shape index (κ2) is 17.2. The van der Waals surface area contributed by atoms with Gasteiger partial charge in [0.25, 0.3) is 21.1 Å². The average Bonchev–Trinajstić information content (AvgIpc) is 3.46. The summed E-state index contributed by atoms with van der Waals surface area (Å²) in [6, 6.07) is 18.5. The number of oxazole rings is 2. The number of hydrogen-bond acceptors (Lipinski definition) is 13. The molecule has 218 valence electrons. The quantitative estimate of drug-likeness (QED) is 0.0824. The lowest BCUT2D eigenvalue weighted by atomic mass is 10.3. The third-order valence-electron chi connectivity index (χ3n) is 4.25. The van der Waals surface area contributed by atoms with E-state index in [-0.39, 0.29) is 28.6 Å². The van der Waals surface area contributed by atoms with Gasteiger partial charge < -0.3 is 35.9 Å². The van der Waals surface area contributed by atoms with E-state index < -0.39 is 9.05 Å². The Morgan fingerprint density at radius 2 is 1.51 bits per heavy atom. The van der Waals surface area contributed by atoms with Crippen molar-refractivity contribution < 1.29 is 31.9 Å². The van der Waals surface area contributed by atoms with Gasteiger partial charge in [0.2, 0.25) is 0 Å². The number of fused-ring (bicyclic) bond motifs is 2. The monoisotopic (exact) mass is 668 g/mol. The van der Waals surface area contributed by atoms with Crippen LogP contribution >= 0.6 is 26.6 Å². The maximum Gasteiger partial charge on any atom is 0.302 e. The van der Waals surface area contributed by atoms with Gasteiger partial charge in [-0.05, 0) is 43.3 Å². The first kappa shape index (κ1) is 34.5. The molecule has 0 fully saturated rings. The van der Waals surface area contributed by atoms with Gasteiger partial charge in [-0.2, -0.15) is 15.2 Å². The Kier molecular flexibility index (Phi) is 14.5. The smallest absolute Gasteiger partial charge is 0.302 e. The number of para-hydroxylation sites is 4. The second-order valence-corrected chi connectivity index (χ2v) is 10.1. The molecule has 0 aliphatic heterocycles. The van der Waals surface area contributed by atoms with Crippen LogP contribution in [0.25, 0.3) is 22.2 Å². The Morgan fingerprint density at radius 3 is 1.95 bits per heavy atom. The first-order valence-electron chi connectivity index (χ1n) is 11.2. The molecule has 0 bridgehead atoms. The fraction of sp³-hybridized carbons (Fsp3) is 0.120. The molecule has 13 nitrogen and oxygen atoms in total. The Labute approximate surface area is 248 Å². The minimum Gasteiger partial charge on any atom is -0.506 e. The van der Waals surface area contributed by atoms with Crippen molar-refractivity contribution >= 4 is 81.5 Å². The minimum atomic E-state index is -3.74. The summed E-state index contributed by atoms with van der Waals surface area (Å²) in [6.45, 7) is 3.65. The highest BCUT2D eigenvalue weighted by Crippen LogP contribution is 2.23. The van der Waals surface area contributed by atoms with Crippen LogP contribution in [0.15, 0.2) is 80.5 Å². The molecule has 2 heterocycles. The molecule has 0 atom stereocenters. The number of nitrogens with zero attached hydrogens (tertiary/aromatic N) is 3. The molecule has 5 aromatic rings. The highest BCUT2D eigenvalue weighted by molar-refractivity contribution is 9.12. The Balaban J connectivity index is 0.000000276. The van der Waals surface area contributed by atoms with Crippen molar-refractivity contribution in [2.45, 2.75) is 18.7 Å². The van der Waals surface area contributed by atoms with Crippen LogP contribution in [0.5, 0.6) is 5.75 Å². The number of nitriles is 1. The summed E-state index contributed by atoms with van der Waals surface area (Å²) in [4.78, 5) is 19.1. The van der Waals surface area contributed by atoms with E-state index in [1.165, 1.54) is 25.1 Å². The number of phenols is 1. The number of anilines is 3. The molecule has 0 aliphatic rings. The highest BCUT2D eigenvalue weighted by Gasteiger charge is 2.12. The predicted octanol–water partition coefficient (Wildman–Crippen LogP) is 5.15. The molecule has 0 saturated carbocycles. The van der Waals surface area contributed by atoms with Crippen molar-refractivity contribution in [2.24, 2.45) is 0 Å². The van der Waals surface area contributed by atoms with Gasteiger partial charge in [-0.3, -0.25) is 4.79 Å². The lowest BCUT2D eigenvalue weighted by Gasteiger charge is -1.93. The number of phenolic OH excluding ortho intramolecular Hbond substituents is 1. The number of halogens is 2. The number of rotatable bonds is 2. The van der Waals surface area contributed by atoms with Crippen molar-refractivity contribution in [3.8, 4) is 10.7 Å². The summed E-state index contributed by atoms with van der Waals surface area (Å²) in [5.41, 5.74) is 18.6. The van der Waals surface area contributed by atoms with Gasteiger partial charge >= 0.3 is 5.97 Å². The van der Waals surface area contributed by atoms with Gasteiger partial charge in [-0.25, -0.2) is 8.42 Å². The Morgan fingerprint density at radius 1 is 1.00 bits per heavy atom. The number of nitrogens with two attached hydrogens (primary N) is 3. The van der Waals surface area contributed by atoms with Gasteiger partial charge in [-0.1, -0.05) is 24.3 Å². The highest BCUT2D eigenvalue weighted by atomic mass is 79.9. The molecule has 5 rings (SSSR count). The summed E-state index contributed by atoms with van der Waals surface area (Å²) in [5, 5.41) is 16.0. The molecule has 7 N–H and O–H groups in total. The van der Waals surface area contributed by atoms with Gasteiger partial charge in [-0.15, -0.1) is 0 Å². The van der Waals surface area contributed by atoms with Crippen LogP contribution in [0.3, 0.4) is 0 Å². The van der Waals surface area contributed by atoms with Gasteiger partial charge in [0, 0.05) is 39.6 Å². The first-order chi connectivity index (χ1) is 19.3. The molecule has 0 amide bonds. The number of nitrogen functional groups attached to an aromatic ring is 3. The van der Waals surface area contributed by atoms with Crippen molar-refractivity contribution in [2.75, 3.05) is 23.8 Å². The molecule has 0 saturated heterocycles. The number of carbonyl (C=O) groups excluding carboxylic acids is 1. The van der Waals surface area contributed by atoms with E-state index in [0.717, 1.165) is 11.1 Å². The van der Waals surface area contributed by atoms with Gasteiger partial charge in [0.05, 0.1) is 17.2 Å². The SMILES string of the molecule is CCOC(C)=O.N#CBr.Nc1ccccc1O.Nc1nc2ccc(S(=O)(=O)Cl)cc2o1.Nc1nc2ccccc2o1. The fourth-order valence-electron chi connectivity index (χ4n) is 2.66. The third-order valence-corrected chi connectivity index (χ3v) is 5.60. The van der Waals surface area contributed by atoms with E-state index in [0.29, 0.717) is 23.4 Å². The maximum atomic E-state index is 11.0. The van der Waals surface area contributed by atoms with Crippen LogP contribution in [0.1, 0.15) is 13.8 Å². The van der Waals surface area contributed by atoms with Crippen molar-refractivity contribution in [3.05, 3.63) is 66.7 Å². The van der Waals surface area contributed by atoms with Gasteiger partial charge in [0.15, 0.2) is 11.2 Å². The molecule has 0 aliphatic carbocycles. The topological polar surface area (TPSA) is 235 Å². The third kappa shape index (κ3) is 12.9. The van der Waals surface area contributed by atoms with Crippen LogP contribution in [0, 0.1) is 10.2 Å². The zero-order valence-corrected chi connectivity index (χ0v) is 24.9. The van der Waals surface area contributed by atoms with E-state index in [9.17, 15) is 13.2 Å². The Bertz CT molecular complexity index is 1650. The maximum absolute atomic E-state index is 11.0. The average molecular weight is 670 g/mol. The molecular weight excluding hydrogens is 644 g/mol. The summed E-state index contributed by atoms with van der Waals surface area (Å²) >= 11 is 2.45. The van der Waals surface area contributed by atoms with E-state index in [1.54, 1.807) is 36.2 Å². The number of aromatic nitrogens is 2. The Hall–Kier alpha value is -4.52.